The van der Waals surface area contributed by atoms with Gasteiger partial charge in [-0.2, -0.15) is 0 Å². The number of benzene rings is 2. The highest BCUT2D eigenvalue weighted by Gasteiger charge is 2.46. The van der Waals surface area contributed by atoms with Crippen LogP contribution in [0.15, 0.2) is 48.7 Å². The Morgan fingerprint density at radius 3 is 2.55 bits per heavy atom. The van der Waals surface area contributed by atoms with Crippen LogP contribution < -0.4 is 5.32 Å². The molecule has 0 bridgehead atoms. The molecule has 0 radical (unpaired) electrons. The molecule has 6 heteroatoms. The molecule has 2 fully saturated rings. The molecule has 31 heavy (non-hydrogen) atoms. The summed E-state index contributed by atoms with van der Waals surface area (Å²) in [5.74, 6) is 0.235. The first-order valence-corrected chi connectivity index (χ1v) is 11.8. The summed E-state index contributed by atoms with van der Waals surface area (Å²) in [5.41, 5.74) is 3.78. The quantitative estimate of drug-likeness (QED) is 0.474. The first-order chi connectivity index (χ1) is 15.0. The normalized spacial score (nSPS) is 18.3. The van der Waals surface area contributed by atoms with Crippen LogP contribution in [0.1, 0.15) is 37.7 Å². The second-order valence-electron chi connectivity index (χ2n) is 9.19. The zero-order valence-electron chi connectivity index (χ0n) is 17.5. The van der Waals surface area contributed by atoms with Crippen LogP contribution in [-0.2, 0) is 11.2 Å². The average Bonchev–Trinajstić information content (AvgIpc) is 3.18. The predicted octanol–water partition coefficient (Wildman–Crippen LogP) is 6.29. The topological polar surface area (TPSA) is 48.1 Å². The second kappa shape index (κ2) is 8.40. The van der Waals surface area contributed by atoms with E-state index in [4.69, 9.17) is 23.2 Å². The van der Waals surface area contributed by atoms with Gasteiger partial charge in [-0.3, -0.25) is 4.79 Å². The van der Waals surface area contributed by atoms with Crippen molar-refractivity contribution in [1.29, 1.82) is 0 Å². The van der Waals surface area contributed by atoms with E-state index in [-0.39, 0.29) is 5.91 Å². The van der Waals surface area contributed by atoms with Crippen molar-refractivity contribution in [3.05, 3.63) is 64.3 Å². The van der Waals surface area contributed by atoms with Gasteiger partial charge in [0, 0.05) is 53.0 Å². The largest absolute Gasteiger partial charge is 0.382 e. The number of likely N-dealkylation sites (tertiary alicyclic amines) is 1. The Morgan fingerprint density at radius 2 is 1.81 bits per heavy atom. The summed E-state index contributed by atoms with van der Waals surface area (Å²) in [7, 11) is 0. The van der Waals surface area contributed by atoms with Crippen LogP contribution in [0, 0.1) is 5.41 Å². The summed E-state index contributed by atoms with van der Waals surface area (Å²) in [6, 6.07) is 14.6. The summed E-state index contributed by atoms with van der Waals surface area (Å²) in [6.07, 6.45) is 7.77. The SMILES string of the molecule is O=C(CCc1cc(Cl)cc(Cl)c1)N1CCC2(CC1)CC(Nc1ccc3cc[nH]c3c1)C2. The average molecular weight is 456 g/mol. The first kappa shape index (κ1) is 20.7. The Bertz CT molecular complexity index is 1070. The van der Waals surface area contributed by atoms with Crippen LogP contribution in [0.4, 0.5) is 5.69 Å². The highest BCUT2D eigenvalue weighted by molar-refractivity contribution is 6.34. The lowest BCUT2D eigenvalue weighted by molar-refractivity contribution is -0.134. The van der Waals surface area contributed by atoms with E-state index < -0.39 is 0 Å². The van der Waals surface area contributed by atoms with Crippen LogP contribution in [0.25, 0.3) is 10.9 Å². The number of hydrogen-bond donors (Lipinski definition) is 2. The highest BCUT2D eigenvalue weighted by Crippen LogP contribution is 2.50. The molecule has 1 spiro atoms. The Labute approximate surface area is 192 Å². The Hall–Kier alpha value is -2.17. The zero-order valence-corrected chi connectivity index (χ0v) is 19.0. The minimum Gasteiger partial charge on any atom is -0.382 e. The number of carbonyl (C=O) groups excluding carboxylic acids is 1. The van der Waals surface area contributed by atoms with Gasteiger partial charge in [-0.25, -0.2) is 0 Å². The van der Waals surface area contributed by atoms with Crippen molar-refractivity contribution in [3.63, 3.8) is 0 Å². The molecule has 0 atom stereocenters. The van der Waals surface area contributed by atoms with Gasteiger partial charge in [0.2, 0.25) is 5.91 Å². The fraction of sp³-hybridized carbons (Fsp3) is 0.400. The molecule has 2 aromatic carbocycles. The lowest BCUT2D eigenvalue weighted by Gasteiger charge is -2.52. The summed E-state index contributed by atoms with van der Waals surface area (Å²) < 4.78 is 0. The van der Waals surface area contributed by atoms with Crippen molar-refractivity contribution in [2.75, 3.05) is 18.4 Å². The number of carbonyl (C=O) groups is 1. The molecule has 1 amide bonds. The van der Waals surface area contributed by atoms with E-state index in [1.54, 1.807) is 6.07 Å². The molecule has 2 N–H and O–H groups in total. The van der Waals surface area contributed by atoms with Crippen molar-refractivity contribution in [2.45, 2.75) is 44.6 Å². The number of anilines is 1. The van der Waals surface area contributed by atoms with Crippen molar-refractivity contribution < 1.29 is 4.79 Å². The number of aryl methyl sites for hydroxylation is 1. The van der Waals surface area contributed by atoms with Crippen LogP contribution >= 0.6 is 23.2 Å². The van der Waals surface area contributed by atoms with Gasteiger partial charge in [-0.15, -0.1) is 0 Å². The van der Waals surface area contributed by atoms with Gasteiger partial charge in [0.15, 0.2) is 0 Å². The number of halogens is 2. The molecule has 1 aromatic heterocycles. The van der Waals surface area contributed by atoms with E-state index in [0.717, 1.165) is 31.5 Å². The lowest BCUT2D eigenvalue weighted by atomic mass is 9.60. The molecule has 5 rings (SSSR count). The number of H-pyrrole nitrogens is 1. The number of hydrogen-bond acceptors (Lipinski definition) is 2. The maximum atomic E-state index is 12.7. The molecular formula is C25H27Cl2N3O. The molecule has 162 valence electrons. The standard InChI is InChI=1S/C25H27Cl2N3O/c26-19-11-17(12-20(27)13-19)1-4-24(31)30-9-6-25(7-10-30)15-22(16-25)29-21-3-2-18-5-8-28-23(18)14-21/h2-3,5,8,11-14,22,28-29H,1,4,6-7,9-10,15-16H2. The van der Waals surface area contributed by atoms with Gasteiger partial charge >= 0.3 is 0 Å². The number of amides is 1. The van der Waals surface area contributed by atoms with E-state index in [0.29, 0.717) is 34.3 Å². The fourth-order valence-corrected chi connectivity index (χ4v) is 5.84. The third-order valence-electron chi connectivity index (χ3n) is 7.01. The van der Waals surface area contributed by atoms with Crippen LogP contribution in [-0.4, -0.2) is 34.9 Å². The monoisotopic (exact) mass is 455 g/mol. The molecule has 0 unspecified atom stereocenters. The van der Waals surface area contributed by atoms with Gasteiger partial charge in [-0.1, -0.05) is 29.3 Å². The van der Waals surface area contributed by atoms with Gasteiger partial charge in [-0.05, 0) is 84.9 Å². The van der Waals surface area contributed by atoms with Gasteiger partial charge in [0.1, 0.15) is 0 Å². The molecule has 1 aliphatic carbocycles. The number of nitrogens with one attached hydrogen (secondary N) is 2. The second-order valence-corrected chi connectivity index (χ2v) is 10.1. The number of nitrogens with zero attached hydrogens (tertiary/aromatic N) is 1. The number of piperidine rings is 1. The number of aromatic nitrogens is 1. The van der Waals surface area contributed by atoms with Gasteiger partial charge < -0.3 is 15.2 Å². The molecular weight excluding hydrogens is 429 g/mol. The van der Waals surface area contributed by atoms with Crippen molar-refractivity contribution in [2.24, 2.45) is 5.41 Å². The number of aromatic amines is 1. The van der Waals surface area contributed by atoms with Gasteiger partial charge in [0.05, 0.1) is 0 Å². The fourth-order valence-electron chi connectivity index (χ4n) is 5.26. The predicted molar refractivity (Wildman–Crippen MR) is 128 cm³/mol. The summed E-state index contributed by atoms with van der Waals surface area (Å²) in [4.78, 5) is 18.0. The molecule has 2 aliphatic rings. The van der Waals surface area contributed by atoms with E-state index in [1.165, 1.54) is 29.4 Å². The van der Waals surface area contributed by atoms with Crippen molar-refractivity contribution in [1.82, 2.24) is 9.88 Å². The Morgan fingerprint density at radius 1 is 1.06 bits per heavy atom. The summed E-state index contributed by atoms with van der Waals surface area (Å²) >= 11 is 12.1. The molecule has 1 aliphatic heterocycles. The van der Waals surface area contributed by atoms with Crippen molar-refractivity contribution >= 4 is 45.7 Å². The zero-order chi connectivity index (χ0) is 21.4. The minimum absolute atomic E-state index is 0.235. The number of rotatable bonds is 5. The molecule has 2 heterocycles. The molecule has 4 nitrogen and oxygen atoms in total. The Kier molecular flexibility index (Phi) is 5.61. The molecule has 1 saturated heterocycles. The van der Waals surface area contributed by atoms with Gasteiger partial charge in [0.25, 0.3) is 0 Å². The van der Waals surface area contributed by atoms with Crippen LogP contribution in [0.5, 0.6) is 0 Å². The molecule has 1 saturated carbocycles. The van der Waals surface area contributed by atoms with E-state index in [1.807, 2.05) is 23.2 Å². The third-order valence-corrected chi connectivity index (χ3v) is 7.45. The Balaban J connectivity index is 1.08. The highest BCUT2D eigenvalue weighted by atomic mass is 35.5. The maximum absolute atomic E-state index is 12.7. The summed E-state index contributed by atoms with van der Waals surface area (Å²) in [6.45, 7) is 1.74. The van der Waals surface area contributed by atoms with E-state index in [9.17, 15) is 4.79 Å². The maximum Gasteiger partial charge on any atom is 0.222 e. The van der Waals surface area contributed by atoms with Crippen LogP contribution in [0.2, 0.25) is 10.0 Å². The minimum atomic E-state index is 0.235. The smallest absolute Gasteiger partial charge is 0.222 e. The first-order valence-electron chi connectivity index (χ1n) is 11.0. The lowest BCUT2D eigenvalue weighted by Crippen LogP contribution is -2.52. The number of fused-ring (bicyclic) bond motifs is 1. The molecule has 3 aromatic rings. The summed E-state index contributed by atoms with van der Waals surface area (Å²) in [5, 5.41) is 6.18. The van der Waals surface area contributed by atoms with Crippen LogP contribution in [0.3, 0.4) is 0 Å². The van der Waals surface area contributed by atoms with E-state index >= 15 is 0 Å². The van der Waals surface area contributed by atoms with Crippen molar-refractivity contribution in [3.8, 4) is 0 Å². The van der Waals surface area contributed by atoms with E-state index in [2.05, 4.69) is 34.6 Å². The third kappa shape index (κ3) is 4.56.